The molecule has 0 spiro atoms. The highest BCUT2D eigenvalue weighted by Gasteiger charge is 2.61. The maximum Gasteiger partial charge on any atom is 0.281 e. The average Bonchev–Trinajstić information content (AvgIpc) is 3.16. The minimum atomic E-state index is -0.239. The van der Waals surface area contributed by atoms with E-state index in [1.54, 1.807) is 7.05 Å². The molecule has 4 heterocycles. The van der Waals surface area contributed by atoms with Crippen molar-refractivity contribution >= 4 is 23.1 Å². The van der Waals surface area contributed by atoms with Gasteiger partial charge in [0, 0.05) is 31.0 Å². The highest BCUT2D eigenvalue weighted by atomic mass is 16.5. The third kappa shape index (κ3) is 2.52. The number of para-hydroxylation sites is 1. The Bertz CT molecular complexity index is 1320. The van der Waals surface area contributed by atoms with E-state index in [-0.39, 0.29) is 18.0 Å². The van der Waals surface area contributed by atoms with Crippen molar-refractivity contribution in [1.29, 1.82) is 0 Å². The second kappa shape index (κ2) is 5.90. The van der Waals surface area contributed by atoms with Crippen LogP contribution in [0.5, 0.6) is 0 Å². The molecule has 0 unspecified atom stereocenters. The van der Waals surface area contributed by atoms with Crippen molar-refractivity contribution in [2.24, 2.45) is 18.9 Å². The van der Waals surface area contributed by atoms with E-state index < -0.39 is 0 Å². The molecule has 3 atom stereocenters. The van der Waals surface area contributed by atoms with Crippen LogP contribution < -0.4 is 5.56 Å². The molecular weight excluding hydrogens is 372 g/mol. The summed E-state index contributed by atoms with van der Waals surface area (Å²) in [6.07, 6.45) is 3.69. The number of hydrogen-bond donors (Lipinski definition) is 0. The summed E-state index contributed by atoms with van der Waals surface area (Å²) in [5.74, 6) is 2.32. The fraction of sp³-hybridized carbons (Fsp3) is 0.316. The van der Waals surface area contributed by atoms with Crippen molar-refractivity contribution in [2.45, 2.75) is 12.5 Å². The van der Waals surface area contributed by atoms with E-state index in [4.69, 9.17) is 4.52 Å². The molecule has 2 aliphatic rings. The fourth-order valence-corrected chi connectivity index (χ4v) is 4.22. The fourth-order valence-electron chi connectivity index (χ4n) is 4.22. The molecule has 3 aromatic heterocycles. The van der Waals surface area contributed by atoms with Gasteiger partial charge in [-0.1, -0.05) is 28.6 Å². The molecule has 4 aromatic rings. The highest BCUT2D eigenvalue weighted by molar-refractivity contribution is 5.68. The summed E-state index contributed by atoms with van der Waals surface area (Å²) in [7, 11) is 1.66. The normalized spacial score (nSPS) is 22.7. The second-order valence-electron chi connectivity index (χ2n) is 7.51. The van der Waals surface area contributed by atoms with Crippen LogP contribution >= 0.6 is 0 Å². The summed E-state index contributed by atoms with van der Waals surface area (Å²) in [5, 5.41) is 11.8. The Kier molecular flexibility index (Phi) is 3.31. The lowest BCUT2D eigenvalue weighted by Crippen LogP contribution is -2.22. The van der Waals surface area contributed by atoms with Crippen LogP contribution in [0, 0.1) is 11.8 Å². The van der Waals surface area contributed by atoms with Gasteiger partial charge in [0.1, 0.15) is 19.1 Å². The van der Waals surface area contributed by atoms with E-state index in [1.807, 2.05) is 18.2 Å². The highest BCUT2D eigenvalue weighted by Crippen LogP contribution is 2.55. The average molecular weight is 389 g/mol. The molecule has 0 amide bonds. The van der Waals surface area contributed by atoms with Crippen molar-refractivity contribution in [3.8, 4) is 0 Å². The van der Waals surface area contributed by atoms with Crippen molar-refractivity contribution in [3.63, 3.8) is 0 Å². The molecule has 1 aromatic carbocycles. The molecule has 6 rings (SSSR count). The lowest BCUT2D eigenvalue weighted by molar-refractivity contribution is -0.433. The van der Waals surface area contributed by atoms with Gasteiger partial charge in [0.05, 0.1) is 5.92 Å². The zero-order valence-electron chi connectivity index (χ0n) is 15.6. The van der Waals surface area contributed by atoms with Gasteiger partial charge in [-0.15, -0.1) is 5.10 Å². The molecule has 1 saturated carbocycles. The zero-order chi connectivity index (χ0) is 19.5. The lowest BCUT2D eigenvalue weighted by Gasteiger charge is -2.01. The minimum absolute atomic E-state index is 0.169. The van der Waals surface area contributed by atoms with Crippen LogP contribution in [0.4, 0.5) is 5.69 Å². The molecule has 0 saturated heterocycles. The first-order valence-electron chi connectivity index (χ1n) is 9.43. The number of aromatic nitrogens is 7. The number of nitrogens with zero attached hydrogens (tertiary/aromatic N) is 8. The van der Waals surface area contributed by atoms with Gasteiger partial charge in [-0.25, -0.2) is 14.2 Å². The van der Waals surface area contributed by atoms with Gasteiger partial charge < -0.3 is 4.52 Å². The standard InChI is InChI=1S/C19H17N8O2/c1-25-16-18(22-24-25)20-10-27(19(16)28)9-14-21-17(23-29-14)15-12-7-26(8-13(12)15)11-5-3-2-4-6-11/h2-7,10,12-13,15H,8-9H2,1H3/q+1/t12-,13+,15+/m0/s1. The first-order valence-corrected chi connectivity index (χ1v) is 9.43. The molecule has 144 valence electrons. The Morgan fingerprint density at radius 3 is 2.93 bits per heavy atom. The van der Waals surface area contributed by atoms with Gasteiger partial charge in [-0.05, 0) is 0 Å². The first kappa shape index (κ1) is 16.3. The quantitative estimate of drug-likeness (QED) is 0.473. The third-order valence-electron chi connectivity index (χ3n) is 5.76. The third-order valence-corrected chi connectivity index (χ3v) is 5.76. The Balaban J connectivity index is 1.22. The van der Waals surface area contributed by atoms with Gasteiger partial charge in [-0.3, -0.25) is 9.36 Å². The summed E-state index contributed by atoms with van der Waals surface area (Å²) in [6, 6.07) is 10.3. The summed E-state index contributed by atoms with van der Waals surface area (Å²) in [6.45, 7) is 1.12. The summed E-state index contributed by atoms with van der Waals surface area (Å²) >= 11 is 0. The van der Waals surface area contributed by atoms with E-state index in [1.165, 1.54) is 21.3 Å². The van der Waals surface area contributed by atoms with E-state index in [0.717, 1.165) is 6.54 Å². The molecule has 1 aliphatic carbocycles. The summed E-state index contributed by atoms with van der Waals surface area (Å²) < 4.78 is 10.5. The van der Waals surface area contributed by atoms with Crippen LogP contribution in [-0.2, 0) is 13.6 Å². The maximum atomic E-state index is 12.6. The topological polar surface area (TPSA) is 108 Å². The Labute approximate surface area is 164 Å². The van der Waals surface area contributed by atoms with Crippen LogP contribution in [0.1, 0.15) is 17.6 Å². The lowest BCUT2D eigenvalue weighted by atomic mass is 10.2. The minimum Gasteiger partial charge on any atom is -0.337 e. The number of rotatable bonds is 4. The molecule has 0 bridgehead atoms. The van der Waals surface area contributed by atoms with Crippen LogP contribution in [0.3, 0.4) is 0 Å². The maximum absolute atomic E-state index is 12.6. The summed E-state index contributed by atoms with van der Waals surface area (Å²) in [5.41, 5.74) is 1.64. The zero-order valence-corrected chi connectivity index (χ0v) is 15.6. The molecule has 29 heavy (non-hydrogen) atoms. The smallest absolute Gasteiger partial charge is 0.281 e. The van der Waals surface area contributed by atoms with Crippen molar-refractivity contribution in [3.05, 3.63) is 58.7 Å². The number of benzene rings is 1. The number of hydrogen-bond acceptors (Lipinski definition) is 7. The van der Waals surface area contributed by atoms with Crippen molar-refractivity contribution < 1.29 is 9.10 Å². The summed E-state index contributed by atoms with van der Waals surface area (Å²) in [4.78, 5) is 21.3. The Morgan fingerprint density at radius 1 is 1.28 bits per heavy atom. The van der Waals surface area contributed by atoms with Crippen molar-refractivity contribution in [1.82, 2.24) is 34.7 Å². The second-order valence-corrected chi connectivity index (χ2v) is 7.51. The Hall–Kier alpha value is -3.69. The van der Waals surface area contributed by atoms with Gasteiger partial charge in [0.25, 0.3) is 5.56 Å². The molecule has 10 heteroatoms. The Morgan fingerprint density at radius 2 is 2.14 bits per heavy atom. The molecule has 0 N–H and O–H groups in total. The van der Waals surface area contributed by atoms with Gasteiger partial charge >= 0.3 is 0 Å². The van der Waals surface area contributed by atoms with Crippen LogP contribution in [0.15, 0.2) is 46.0 Å². The van der Waals surface area contributed by atoms with Gasteiger partial charge in [0.15, 0.2) is 17.9 Å². The van der Waals surface area contributed by atoms with Crippen molar-refractivity contribution in [2.75, 3.05) is 6.54 Å². The van der Waals surface area contributed by atoms with E-state index >= 15 is 0 Å². The molecular formula is C19H17N8O2+. The number of aryl methyl sites for hydroxylation is 1. The SMILES string of the molecule is Cn1nnc2ncn(Cc3nc([C@@H]4[C@H]5C=[N+](c6ccccc6)C[C@H]54)no3)c(=O)c21. The first-order chi connectivity index (χ1) is 14.2. The van der Waals surface area contributed by atoms with E-state index in [0.29, 0.717) is 34.7 Å². The predicted molar refractivity (Wildman–Crippen MR) is 101 cm³/mol. The molecule has 10 nitrogen and oxygen atoms in total. The molecule has 1 fully saturated rings. The number of fused-ring (bicyclic) bond motifs is 2. The van der Waals surface area contributed by atoms with E-state index in [9.17, 15) is 4.79 Å². The van der Waals surface area contributed by atoms with Gasteiger partial charge in [0.2, 0.25) is 17.2 Å². The van der Waals surface area contributed by atoms with Gasteiger partial charge in [-0.2, -0.15) is 4.98 Å². The predicted octanol–water partition coefficient (Wildman–Crippen LogP) is 0.714. The van der Waals surface area contributed by atoms with E-state index in [2.05, 4.69) is 48.4 Å². The monoisotopic (exact) mass is 389 g/mol. The van der Waals surface area contributed by atoms with Crippen LogP contribution in [0.25, 0.3) is 11.2 Å². The molecule has 0 radical (unpaired) electrons. The largest absolute Gasteiger partial charge is 0.337 e. The van der Waals surface area contributed by atoms with Crippen LogP contribution in [-0.4, -0.2) is 52.0 Å². The molecule has 1 aliphatic heterocycles. The van der Waals surface area contributed by atoms with Crippen LogP contribution in [0.2, 0.25) is 0 Å².